The van der Waals surface area contributed by atoms with Crippen molar-refractivity contribution in [1.82, 2.24) is 10.2 Å². The molecule has 0 aliphatic carbocycles. The molecule has 1 fully saturated rings. The third-order valence-corrected chi connectivity index (χ3v) is 1.83. The Morgan fingerprint density at radius 1 is 1.50 bits per heavy atom. The topological polar surface area (TPSA) is 49.4 Å². The molecule has 1 rings (SSSR count). The Labute approximate surface area is 83.7 Å². The minimum Gasteiger partial charge on any atom is -0.336 e. The van der Waals surface area contributed by atoms with E-state index in [0.717, 1.165) is 4.90 Å². The van der Waals surface area contributed by atoms with Crippen LogP contribution in [0.4, 0.5) is 4.79 Å². The van der Waals surface area contributed by atoms with Crippen LogP contribution in [0.15, 0.2) is 0 Å². The Kier molecular flexibility index (Phi) is 2.70. The Hall–Kier alpha value is -0.190. The largest absolute Gasteiger partial charge is 0.336 e. The first kappa shape index (κ1) is 9.89. The molecule has 0 saturated carbocycles. The highest BCUT2D eigenvalue weighted by Crippen LogP contribution is 2.28. The minimum absolute atomic E-state index is 0.242. The van der Waals surface area contributed by atoms with E-state index in [1.165, 1.54) is 0 Å². The van der Waals surface area contributed by atoms with E-state index in [2.05, 4.69) is 5.32 Å². The quantitative estimate of drug-likeness (QED) is 0.630. The summed E-state index contributed by atoms with van der Waals surface area (Å²) < 4.78 is -2.05. The van der Waals surface area contributed by atoms with Gasteiger partial charge in [0.2, 0.25) is 0 Å². The number of carbonyl (C=O) groups is 2. The van der Waals surface area contributed by atoms with Crippen LogP contribution in [0, 0.1) is 0 Å². The molecular weight excluding hydrogens is 226 g/mol. The van der Waals surface area contributed by atoms with E-state index in [1.807, 2.05) is 0 Å². The van der Waals surface area contributed by atoms with Crippen LogP contribution in [0.3, 0.4) is 0 Å². The second-order valence-corrected chi connectivity index (χ2v) is 4.47. The van der Waals surface area contributed by atoms with Gasteiger partial charge in [-0.15, -0.1) is 0 Å². The number of imide groups is 1. The number of amides is 3. The van der Waals surface area contributed by atoms with Crippen LogP contribution in [0.25, 0.3) is 0 Å². The van der Waals surface area contributed by atoms with Crippen LogP contribution >= 0.6 is 34.8 Å². The zero-order chi connectivity index (χ0) is 9.35. The molecule has 0 unspecified atom stereocenters. The summed E-state index contributed by atoms with van der Waals surface area (Å²) in [6, 6.07) is -0.522. The molecule has 0 bridgehead atoms. The first-order chi connectivity index (χ1) is 5.43. The average molecular weight is 231 g/mol. The van der Waals surface area contributed by atoms with Crippen LogP contribution in [0.2, 0.25) is 0 Å². The van der Waals surface area contributed by atoms with Gasteiger partial charge in [0, 0.05) is 13.1 Å². The van der Waals surface area contributed by atoms with E-state index in [-0.39, 0.29) is 6.54 Å². The van der Waals surface area contributed by atoms with Crippen molar-refractivity contribution in [3.8, 4) is 0 Å². The molecule has 3 amide bonds. The average Bonchev–Trinajstić information content (AvgIpc) is 2.31. The van der Waals surface area contributed by atoms with Crippen LogP contribution in [-0.2, 0) is 4.79 Å². The molecule has 1 saturated heterocycles. The summed E-state index contributed by atoms with van der Waals surface area (Å²) in [5, 5.41) is 2.41. The zero-order valence-corrected chi connectivity index (χ0v) is 8.08. The van der Waals surface area contributed by atoms with E-state index < -0.39 is 15.7 Å². The Morgan fingerprint density at radius 3 is 2.42 bits per heavy atom. The molecule has 0 aromatic rings. The second kappa shape index (κ2) is 3.28. The maximum Gasteiger partial charge on any atom is 0.324 e. The van der Waals surface area contributed by atoms with Gasteiger partial charge in [-0.1, -0.05) is 34.8 Å². The fourth-order valence-corrected chi connectivity index (χ4v) is 1.12. The lowest BCUT2D eigenvalue weighted by Crippen LogP contribution is -2.41. The predicted octanol–water partition coefficient (Wildman–Crippen LogP) is 0.908. The van der Waals surface area contributed by atoms with Gasteiger partial charge in [0.05, 0.1) is 0 Å². The van der Waals surface area contributed by atoms with Crippen LogP contribution < -0.4 is 5.32 Å². The smallest absolute Gasteiger partial charge is 0.324 e. The van der Waals surface area contributed by atoms with Gasteiger partial charge in [0.1, 0.15) is 0 Å². The molecule has 0 radical (unpaired) electrons. The molecule has 1 aliphatic rings. The summed E-state index contributed by atoms with van der Waals surface area (Å²) in [6.45, 7) is 0.636. The lowest BCUT2D eigenvalue weighted by atomic mass is 10.5. The van der Waals surface area contributed by atoms with Crippen molar-refractivity contribution in [2.75, 3.05) is 13.1 Å². The lowest BCUT2D eigenvalue weighted by Gasteiger charge is -2.16. The van der Waals surface area contributed by atoms with E-state index >= 15 is 0 Å². The monoisotopic (exact) mass is 230 g/mol. The number of alkyl halides is 3. The molecular formula is C5H5Cl3N2O2. The van der Waals surface area contributed by atoms with Crippen molar-refractivity contribution < 1.29 is 9.59 Å². The number of hydrogen-bond donors (Lipinski definition) is 1. The molecule has 68 valence electrons. The first-order valence-corrected chi connectivity index (χ1v) is 4.23. The van der Waals surface area contributed by atoms with Gasteiger partial charge in [-0.25, -0.2) is 4.79 Å². The van der Waals surface area contributed by atoms with Crippen molar-refractivity contribution in [2.45, 2.75) is 3.79 Å². The molecule has 0 spiro atoms. The van der Waals surface area contributed by atoms with Crippen molar-refractivity contribution in [2.24, 2.45) is 0 Å². The number of nitrogens with one attached hydrogen (secondary N) is 1. The number of nitrogens with zero attached hydrogens (tertiary/aromatic N) is 1. The van der Waals surface area contributed by atoms with E-state index in [1.54, 1.807) is 0 Å². The summed E-state index contributed by atoms with van der Waals surface area (Å²) in [5.41, 5.74) is 0. The fraction of sp³-hybridized carbons (Fsp3) is 0.600. The maximum atomic E-state index is 11.1. The summed E-state index contributed by atoms with van der Waals surface area (Å²) in [7, 11) is 0. The number of urea groups is 1. The summed E-state index contributed by atoms with van der Waals surface area (Å²) >= 11 is 15.9. The van der Waals surface area contributed by atoms with E-state index in [9.17, 15) is 9.59 Å². The number of carbonyl (C=O) groups excluding carboxylic acids is 2. The standard InChI is InChI=1S/C5H5Cl3N2O2/c6-5(7,8)3(11)10-2-1-9-4(10)12/h1-2H2,(H,9,12). The van der Waals surface area contributed by atoms with Gasteiger partial charge in [-0.05, 0) is 0 Å². The number of rotatable bonds is 0. The molecule has 0 aromatic heterocycles. The maximum absolute atomic E-state index is 11.1. The lowest BCUT2D eigenvalue weighted by molar-refractivity contribution is -0.126. The molecule has 1 heterocycles. The predicted molar refractivity (Wildman–Crippen MR) is 45.4 cm³/mol. The Bertz CT molecular complexity index is 225. The van der Waals surface area contributed by atoms with Gasteiger partial charge < -0.3 is 5.32 Å². The first-order valence-electron chi connectivity index (χ1n) is 3.09. The van der Waals surface area contributed by atoms with Crippen molar-refractivity contribution in [1.29, 1.82) is 0 Å². The normalized spacial score (nSPS) is 17.9. The highest BCUT2D eigenvalue weighted by atomic mass is 35.6. The Morgan fingerprint density at radius 2 is 2.08 bits per heavy atom. The molecule has 0 atom stereocenters. The summed E-state index contributed by atoms with van der Waals surface area (Å²) in [6.07, 6.45) is 0. The molecule has 1 aliphatic heterocycles. The number of hydrogen-bond acceptors (Lipinski definition) is 2. The summed E-state index contributed by atoms with van der Waals surface area (Å²) in [4.78, 5) is 22.9. The number of halogens is 3. The molecule has 4 nitrogen and oxygen atoms in total. The molecule has 1 N–H and O–H groups in total. The highest BCUT2D eigenvalue weighted by Gasteiger charge is 2.39. The van der Waals surface area contributed by atoms with Gasteiger partial charge in [-0.3, -0.25) is 9.69 Å². The van der Waals surface area contributed by atoms with Gasteiger partial charge in [0.15, 0.2) is 0 Å². The van der Waals surface area contributed by atoms with E-state index in [0.29, 0.717) is 6.54 Å². The Balaban J connectivity index is 2.71. The van der Waals surface area contributed by atoms with Crippen LogP contribution in [0.5, 0.6) is 0 Å². The van der Waals surface area contributed by atoms with Crippen molar-refractivity contribution in [3.63, 3.8) is 0 Å². The summed E-state index contributed by atoms with van der Waals surface area (Å²) in [5.74, 6) is -0.817. The van der Waals surface area contributed by atoms with Crippen molar-refractivity contribution >= 4 is 46.7 Å². The third kappa shape index (κ3) is 1.94. The fourth-order valence-electron chi connectivity index (χ4n) is 0.818. The third-order valence-electron chi connectivity index (χ3n) is 1.34. The van der Waals surface area contributed by atoms with Gasteiger partial charge in [-0.2, -0.15) is 0 Å². The van der Waals surface area contributed by atoms with E-state index in [4.69, 9.17) is 34.8 Å². The molecule has 0 aromatic carbocycles. The second-order valence-electron chi connectivity index (χ2n) is 2.19. The van der Waals surface area contributed by atoms with Crippen LogP contribution in [0.1, 0.15) is 0 Å². The van der Waals surface area contributed by atoms with Crippen molar-refractivity contribution in [3.05, 3.63) is 0 Å². The highest BCUT2D eigenvalue weighted by molar-refractivity contribution is 6.76. The van der Waals surface area contributed by atoms with Gasteiger partial charge in [0.25, 0.3) is 9.70 Å². The molecule has 12 heavy (non-hydrogen) atoms. The minimum atomic E-state index is -2.05. The van der Waals surface area contributed by atoms with Gasteiger partial charge >= 0.3 is 6.03 Å². The van der Waals surface area contributed by atoms with Crippen LogP contribution in [-0.4, -0.2) is 33.7 Å². The molecule has 7 heteroatoms. The zero-order valence-electron chi connectivity index (χ0n) is 5.81. The SMILES string of the molecule is O=C1NCCN1C(=O)C(Cl)(Cl)Cl.